The first kappa shape index (κ1) is 14.3. The van der Waals surface area contributed by atoms with Gasteiger partial charge in [0.2, 0.25) is 0 Å². The van der Waals surface area contributed by atoms with Crippen LogP contribution in [0.3, 0.4) is 0 Å². The van der Waals surface area contributed by atoms with Gasteiger partial charge < -0.3 is 4.90 Å². The number of amides is 1. The van der Waals surface area contributed by atoms with Crippen LogP contribution in [0, 0.1) is 0 Å². The highest BCUT2D eigenvalue weighted by atomic mass is 35.5. The first-order valence-electron chi connectivity index (χ1n) is 6.66. The molecule has 1 fully saturated rings. The fourth-order valence-electron chi connectivity index (χ4n) is 2.17. The van der Waals surface area contributed by atoms with Crippen molar-refractivity contribution in [2.75, 3.05) is 0 Å². The minimum Gasteiger partial charge on any atom is -0.331 e. The fourth-order valence-corrected chi connectivity index (χ4v) is 2.51. The third-order valence-electron chi connectivity index (χ3n) is 3.40. The Hall–Kier alpha value is -1.65. The van der Waals surface area contributed by atoms with Crippen molar-refractivity contribution in [2.24, 2.45) is 0 Å². The second-order valence-electron chi connectivity index (χ2n) is 5.01. The molecule has 2 aromatic heterocycles. The standard InChI is InChI=1S/C15H13Cl2N3O/c16-13-8-19-14(17)7-12(13)15(21)20(11-1-2-11)9-10-3-5-18-6-4-10/h3-8,11H,1-2,9H2. The lowest BCUT2D eigenvalue weighted by atomic mass is 10.2. The molecule has 2 aromatic rings. The van der Waals surface area contributed by atoms with E-state index in [1.807, 2.05) is 17.0 Å². The molecule has 1 aliphatic rings. The molecule has 0 spiro atoms. The maximum Gasteiger partial charge on any atom is 0.256 e. The second-order valence-corrected chi connectivity index (χ2v) is 5.80. The van der Waals surface area contributed by atoms with Crippen LogP contribution in [0.5, 0.6) is 0 Å². The van der Waals surface area contributed by atoms with E-state index in [-0.39, 0.29) is 17.1 Å². The zero-order chi connectivity index (χ0) is 14.8. The number of nitrogens with zero attached hydrogens (tertiary/aromatic N) is 3. The lowest BCUT2D eigenvalue weighted by Crippen LogP contribution is -2.32. The maximum absolute atomic E-state index is 12.7. The highest BCUT2D eigenvalue weighted by Crippen LogP contribution is 2.31. The topological polar surface area (TPSA) is 46.1 Å². The van der Waals surface area contributed by atoms with Gasteiger partial charge in [-0.2, -0.15) is 0 Å². The van der Waals surface area contributed by atoms with Crippen molar-refractivity contribution in [3.63, 3.8) is 0 Å². The van der Waals surface area contributed by atoms with Crippen LogP contribution in [0.15, 0.2) is 36.8 Å². The highest BCUT2D eigenvalue weighted by molar-refractivity contribution is 6.35. The molecule has 0 N–H and O–H groups in total. The van der Waals surface area contributed by atoms with Gasteiger partial charge in [-0.15, -0.1) is 0 Å². The summed E-state index contributed by atoms with van der Waals surface area (Å²) in [4.78, 5) is 22.5. The first-order valence-corrected chi connectivity index (χ1v) is 7.41. The van der Waals surface area contributed by atoms with Crippen LogP contribution in [-0.4, -0.2) is 26.8 Å². The van der Waals surface area contributed by atoms with Gasteiger partial charge >= 0.3 is 0 Å². The fraction of sp³-hybridized carbons (Fsp3) is 0.267. The molecule has 2 heterocycles. The number of pyridine rings is 2. The molecule has 0 radical (unpaired) electrons. The lowest BCUT2D eigenvalue weighted by molar-refractivity contribution is 0.0730. The Morgan fingerprint density at radius 3 is 2.67 bits per heavy atom. The summed E-state index contributed by atoms with van der Waals surface area (Å²) in [6.45, 7) is 0.544. The molecule has 0 atom stereocenters. The van der Waals surface area contributed by atoms with E-state index in [9.17, 15) is 4.79 Å². The van der Waals surface area contributed by atoms with Crippen molar-refractivity contribution >= 4 is 29.1 Å². The molecular formula is C15H13Cl2N3O. The van der Waals surface area contributed by atoms with Crippen LogP contribution in [0.2, 0.25) is 10.2 Å². The van der Waals surface area contributed by atoms with E-state index in [1.54, 1.807) is 12.4 Å². The Bertz CT molecular complexity index is 659. The van der Waals surface area contributed by atoms with Gasteiger partial charge in [-0.3, -0.25) is 9.78 Å². The number of aromatic nitrogens is 2. The smallest absolute Gasteiger partial charge is 0.256 e. The van der Waals surface area contributed by atoms with Gasteiger partial charge in [0.15, 0.2) is 0 Å². The average Bonchev–Trinajstić information content (AvgIpc) is 3.32. The van der Waals surface area contributed by atoms with Crippen LogP contribution in [-0.2, 0) is 6.54 Å². The number of rotatable bonds is 4. The average molecular weight is 322 g/mol. The molecule has 108 valence electrons. The van der Waals surface area contributed by atoms with Crippen molar-refractivity contribution in [1.29, 1.82) is 0 Å². The van der Waals surface area contributed by atoms with Crippen molar-refractivity contribution in [2.45, 2.75) is 25.4 Å². The molecule has 0 bridgehead atoms. The zero-order valence-electron chi connectivity index (χ0n) is 11.2. The lowest BCUT2D eigenvalue weighted by Gasteiger charge is -2.23. The van der Waals surface area contributed by atoms with Crippen molar-refractivity contribution in [3.8, 4) is 0 Å². The van der Waals surface area contributed by atoms with Gasteiger partial charge in [-0.05, 0) is 36.6 Å². The summed E-state index contributed by atoms with van der Waals surface area (Å²) in [6, 6.07) is 5.61. The highest BCUT2D eigenvalue weighted by Gasteiger charge is 2.33. The molecule has 3 rings (SSSR count). The number of hydrogen-bond donors (Lipinski definition) is 0. The third kappa shape index (κ3) is 3.34. The number of halogens is 2. The summed E-state index contributed by atoms with van der Waals surface area (Å²) >= 11 is 12.0. The summed E-state index contributed by atoms with van der Waals surface area (Å²) in [5.74, 6) is -0.108. The van der Waals surface area contributed by atoms with E-state index in [4.69, 9.17) is 23.2 Å². The molecule has 0 aromatic carbocycles. The van der Waals surface area contributed by atoms with Crippen LogP contribution in [0.4, 0.5) is 0 Å². The van der Waals surface area contributed by atoms with E-state index in [0.717, 1.165) is 18.4 Å². The third-order valence-corrected chi connectivity index (χ3v) is 3.91. The van der Waals surface area contributed by atoms with Crippen molar-refractivity contribution in [3.05, 3.63) is 58.1 Å². The summed E-state index contributed by atoms with van der Waals surface area (Å²) < 4.78 is 0. The number of carbonyl (C=O) groups excluding carboxylic acids is 1. The maximum atomic E-state index is 12.7. The van der Waals surface area contributed by atoms with Gasteiger partial charge in [0, 0.05) is 31.2 Å². The van der Waals surface area contributed by atoms with E-state index >= 15 is 0 Å². The quantitative estimate of drug-likeness (QED) is 0.808. The monoisotopic (exact) mass is 321 g/mol. The molecule has 1 saturated carbocycles. The van der Waals surface area contributed by atoms with Crippen molar-refractivity contribution < 1.29 is 4.79 Å². The van der Waals surface area contributed by atoms with Crippen molar-refractivity contribution in [1.82, 2.24) is 14.9 Å². The van der Waals surface area contributed by atoms with Crippen LogP contribution >= 0.6 is 23.2 Å². The van der Waals surface area contributed by atoms with Gasteiger partial charge in [0.1, 0.15) is 5.15 Å². The second kappa shape index (κ2) is 6.00. The molecular weight excluding hydrogens is 309 g/mol. The van der Waals surface area contributed by atoms with Gasteiger partial charge in [0.25, 0.3) is 5.91 Å². The predicted octanol–water partition coefficient (Wildman–Crippen LogP) is 3.59. The summed E-state index contributed by atoms with van der Waals surface area (Å²) in [6.07, 6.45) is 6.90. The molecule has 1 amide bonds. The largest absolute Gasteiger partial charge is 0.331 e. The number of carbonyl (C=O) groups is 1. The van der Waals surface area contributed by atoms with Gasteiger partial charge in [-0.25, -0.2) is 4.98 Å². The molecule has 0 saturated heterocycles. The minimum atomic E-state index is -0.108. The Kier molecular flexibility index (Phi) is 4.08. The molecule has 1 aliphatic carbocycles. The van der Waals surface area contributed by atoms with E-state index in [0.29, 0.717) is 17.1 Å². The van der Waals surface area contributed by atoms with E-state index in [1.165, 1.54) is 12.3 Å². The molecule has 0 unspecified atom stereocenters. The van der Waals surface area contributed by atoms with E-state index in [2.05, 4.69) is 9.97 Å². The molecule has 6 heteroatoms. The Labute approximate surface area is 132 Å². The minimum absolute atomic E-state index is 0.108. The SMILES string of the molecule is O=C(c1cc(Cl)ncc1Cl)N(Cc1ccncc1)C1CC1. The summed E-state index contributed by atoms with van der Waals surface area (Å²) in [7, 11) is 0. The van der Waals surface area contributed by atoms with Crippen LogP contribution in [0.25, 0.3) is 0 Å². The summed E-state index contributed by atoms with van der Waals surface area (Å²) in [5.41, 5.74) is 1.44. The Morgan fingerprint density at radius 2 is 2.00 bits per heavy atom. The van der Waals surface area contributed by atoms with Crippen LogP contribution < -0.4 is 0 Å². The predicted molar refractivity (Wildman–Crippen MR) is 81.4 cm³/mol. The van der Waals surface area contributed by atoms with Gasteiger partial charge in [0.05, 0.1) is 10.6 Å². The molecule has 0 aliphatic heterocycles. The first-order chi connectivity index (χ1) is 10.1. The zero-order valence-corrected chi connectivity index (χ0v) is 12.7. The summed E-state index contributed by atoms with van der Waals surface area (Å²) in [5, 5.41) is 0.590. The van der Waals surface area contributed by atoms with E-state index < -0.39 is 0 Å². The molecule has 4 nitrogen and oxygen atoms in total. The molecule has 21 heavy (non-hydrogen) atoms. The Morgan fingerprint density at radius 1 is 1.29 bits per heavy atom. The van der Waals surface area contributed by atoms with Gasteiger partial charge in [-0.1, -0.05) is 23.2 Å². The Balaban J connectivity index is 1.87. The van der Waals surface area contributed by atoms with Crippen LogP contribution in [0.1, 0.15) is 28.8 Å². The normalized spacial score (nSPS) is 14.0. The number of hydrogen-bond acceptors (Lipinski definition) is 3.